The second-order valence-corrected chi connectivity index (χ2v) is 4.53. The van der Waals surface area contributed by atoms with Gasteiger partial charge in [0.05, 0.1) is 0 Å². The monoisotopic (exact) mass is 310 g/mol. The van der Waals surface area contributed by atoms with Crippen LogP contribution in [-0.2, 0) is 4.79 Å². The van der Waals surface area contributed by atoms with Crippen LogP contribution >= 0.6 is 15.9 Å². The Morgan fingerprint density at radius 1 is 1.29 bits per heavy atom. The summed E-state index contributed by atoms with van der Waals surface area (Å²) in [6.45, 7) is 0.706. The molecule has 0 fully saturated rings. The molecule has 0 aliphatic heterocycles. The zero-order valence-electron chi connectivity index (χ0n) is 8.81. The molecule has 17 heavy (non-hydrogen) atoms. The highest BCUT2D eigenvalue weighted by Gasteiger charge is 2.56. The first-order valence-corrected chi connectivity index (χ1v) is 5.36. The molecule has 0 saturated heterocycles. The molecular weight excluding hydrogens is 301 g/mol. The predicted molar refractivity (Wildman–Crippen MR) is 61.4 cm³/mol. The Hall–Kier alpha value is -1.24. The van der Waals surface area contributed by atoms with Crippen molar-refractivity contribution in [2.45, 2.75) is 18.6 Å². The van der Waals surface area contributed by atoms with Gasteiger partial charge in [0.25, 0.3) is 5.91 Å². The number of halogens is 4. The Morgan fingerprint density at radius 2 is 1.76 bits per heavy atom. The second-order valence-electron chi connectivity index (χ2n) is 3.62. The van der Waals surface area contributed by atoms with E-state index in [0.717, 1.165) is 4.47 Å². The molecule has 1 amide bonds. The van der Waals surface area contributed by atoms with Gasteiger partial charge in [-0.05, 0) is 31.2 Å². The van der Waals surface area contributed by atoms with Gasteiger partial charge in [0, 0.05) is 10.2 Å². The van der Waals surface area contributed by atoms with Crippen LogP contribution in [0, 0.1) is 0 Å². The van der Waals surface area contributed by atoms with Gasteiger partial charge < -0.3 is 11.1 Å². The standard InChI is InChI=1S/C10H10BrF3N2O/c1-9(8(15)17,10(12,13)14)16-7-4-2-6(11)3-5-7/h2-5,16H,1H3,(H2,15,17). The number of carbonyl (C=O) groups is 1. The zero-order valence-corrected chi connectivity index (χ0v) is 10.4. The molecule has 0 heterocycles. The van der Waals surface area contributed by atoms with Crippen molar-refractivity contribution in [1.82, 2.24) is 0 Å². The molecule has 3 nitrogen and oxygen atoms in total. The summed E-state index contributed by atoms with van der Waals surface area (Å²) in [5.74, 6) is -1.48. The van der Waals surface area contributed by atoms with E-state index >= 15 is 0 Å². The van der Waals surface area contributed by atoms with E-state index in [4.69, 9.17) is 5.73 Å². The van der Waals surface area contributed by atoms with Crippen molar-refractivity contribution in [3.05, 3.63) is 28.7 Å². The van der Waals surface area contributed by atoms with Crippen molar-refractivity contribution in [1.29, 1.82) is 0 Å². The third kappa shape index (κ3) is 2.91. The third-order valence-corrected chi connectivity index (χ3v) is 2.83. The first-order chi connectivity index (χ1) is 7.67. The van der Waals surface area contributed by atoms with Gasteiger partial charge in [-0.2, -0.15) is 13.2 Å². The Kier molecular flexibility index (Phi) is 3.71. The number of hydrogen-bond donors (Lipinski definition) is 2. The van der Waals surface area contributed by atoms with Crippen LogP contribution < -0.4 is 11.1 Å². The Morgan fingerprint density at radius 3 is 2.12 bits per heavy atom. The van der Waals surface area contributed by atoms with E-state index in [1.54, 1.807) is 12.1 Å². The van der Waals surface area contributed by atoms with Gasteiger partial charge in [0.15, 0.2) is 0 Å². The molecule has 0 aromatic heterocycles. The highest BCUT2D eigenvalue weighted by atomic mass is 79.9. The number of carbonyl (C=O) groups excluding carboxylic acids is 1. The average Bonchev–Trinajstić information content (AvgIpc) is 2.19. The van der Waals surface area contributed by atoms with Crippen molar-refractivity contribution in [3.8, 4) is 0 Å². The summed E-state index contributed by atoms with van der Waals surface area (Å²) in [5, 5.41) is 2.10. The number of anilines is 1. The minimum atomic E-state index is -4.77. The van der Waals surface area contributed by atoms with Crippen LogP contribution in [0.3, 0.4) is 0 Å². The quantitative estimate of drug-likeness (QED) is 0.902. The summed E-state index contributed by atoms with van der Waals surface area (Å²) in [6.07, 6.45) is -4.77. The van der Waals surface area contributed by atoms with Crippen LogP contribution in [-0.4, -0.2) is 17.6 Å². The summed E-state index contributed by atoms with van der Waals surface area (Å²) in [7, 11) is 0. The van der Waals surface area contributed by atoms with Gasteiger partial charge in [-0.3, -0.25) is 4.79 Å². The fraction of sp³-hybridized carbons (Fsp3) is 0.300. The SMILES string of the molecule is CC(Nc1ccc(Br)cc1)(C(N)=O)C(F)(F)F. The summed E-state index contributed by atoms with van der Waals surface area (Å²) in [4.78, 5) is 11.0. The second kappa shape index (κ2) is 4.56. The van der Waals surface area contributed by atoms with Crippen LogP contribution in [0.2, 0.25) is 0 Å². The molecule has 3 N–H and O–H groups in total. The van der Waals surface area contributed by atoms with Crippen LogP contribution in [0.1, 0.15) is 6.92 Å². The predicted octanol–water partition coefficient (Wildman–Crippen LogP) is 2.67. The maximum atomic E-state index is 12.7. The number of hydrogen-bond acceptors (Lipinski definition) is 2. The lowest BCUT2D eigenvalue weighted by Gasteiger charge is -2.30. The number of rotatable bonds is 3. The molecule has 94 valence electrons. The lowest BCUT2D eigenvalue weighted by atomic mass is 10.0. The van der Waals surface area contributed by atoms with Crippen LogP contribution in [0.5, 0.6) is 0 Å². The smallest absolute Gasteiger partial charge is 0.367 e. The molecule has 0 radical (unpaired) electrons. The summed E-state index contributed by atoms with van der Waals surface area (Å²) in [5.41, 5.74) is 2.17. The highest BCUT2D eigenvalue weighted by Crippen LogP contribution is 2.33. The Labute approximate surface area is 104 Å². The van der Waals surface area contributed by atoms with E-state index in [1.165, 1.54) is 12.1 Å². The number of nitrogens with two attached hydrogens (primary N) is 1. The van der Waals surface area contributed by atoms with E-state index < -0.39 is 17.6 Å². The van der Waals surface area contributed by atoms with Crippen molar-refractivity contribution in [2.75, 3.05) is 5.32 Å². The number of alkyl halides is 3. The number of amides is 1. The molecule has 0 bridgehead atoms. The van der Waals surface area contributed by atoms with Crippen molar-refractivity contribution in [2.24, 2.45) is 5.73 Å². The molecule has 0 spiro atoms. The number of benzene rings is 1. The topological polar surface area (TPSA) is 55.1 Å². The molecule has 1 atom stereocenters. The van der Waals surface area contributed by atoms with E-state index in [1.807, 2.05) is 0 Å². The Balaban J connectivity index is 3.04. The van der Waals surface area contributed by atoms with Gasteiger partial charge in [0.2, 0.25) is 5.54 Å². The van der Waals surface area contributed by atoms with Gasteiger partial charge >= 0.3 is 6.18 Å². The molecule has 1 aromatic rings. The van der Waals surface area contributed by atoms with Crippen LogP contribution in [0.4, 0.5) is 18.9 Å². The molecular formula is C10H10BrF3N2O. The van der Waals surface area contributed by atoms with Crippen LogP contribution in [0.15, 0.2) is 28.7 Å². The molecule has 1 rings (SSSR count). The maximum Gasteiger partial charge on any atom is 0.420 e. The molecule has 1 aromatic carbocycles. The van der Waals surface area contributed by atoms with E-state index in [-0.39, 0.29) is 5.69 Å². The molecule has 1 unspecified atom stereocenters. The zero-order chi connectivity index (χ0) is 13.3. The molecule has 0 saturated carbocycles. The number of primary amides is 1. The number of nitrogens with one attached hydrogen (secondary N) is 1. The van der Waals surface area contributed by atoms with Gasteiger partial charge in [0.1, 0.15) is 0 Å². The molecule has 0 aliphatic rings. The summed E-state index contributed by atoms with van der Waals surface area (Å²) >= 11 is 3.15. The van der Waals surface area contributed by atoms with Gasteiger partial charge in [-0.15, -0.1) is 0 Å². The van der Waals surface area contributed by atoms with Crippen molar-refractivity contribution < 1.29 is 18.0 Å². The van der Waals surface area contributed by atoms with Crippen molar-refractivity contribution in [3.63, 3.8) is 0 Å². The van der Waals surface area contributed by atoms with Gasteiger partial charge in [-0.1, -0.05) is 15.9 Å². The third-order valence-electron chi connectivity index (χ3n) is 2.30. The fourth-order valence-electron chi connectivity index (χ4n) is 1.09. The van der Waals surface area contributed by atoms with Gasteiger partial charge in [-0.25, -0.2) is 0 Å². The summed E-state index contributed by atoms with van der Waals surface area (Å²) < 4.78 is 39.0. The first kappa shape index (κ1) is 13.8. The van der Waals surface area contributed by atoms with Crippen molar-refractivity contribution >= 4 is 27.5 Å². The van der Waals surface area contributed by atoms with E-state index in [0.29, 0.717) is 6.92 Å². The summed E-state index contributed by atoms with van der Waals surface area (Å²) in [6, 6.07) is 5.94. The van der Waals surface area contributed by atoms with Crippen LogP contribution in [0.25, 0.3) is 0 Å². The maximum absolute atomic E-state index is 12.7. The van der Waals surface area contributed by atoms with E-state index in [2.05, 4.69) is 21.2 Å². The minimum Gasteiger partial charge on any atom is -0.367 e. The first-order valence-electron chi connectivity index (χ1n) is 4.57. The Bertz CT molecular complexity index is 419. The average molecular weight is 311 g/mol. The molecule has 7 heteroatoms. The minimum absolute atomic E-state index is 0.159. The fourth-order valence-corrected chi connectivity index (χ4v) is 1.36. The lowest BCUT2D eigenvalue weighted by molar-refractivity contribution is -0.180. The largest absolute Gasteiger partial charge is 0.420 e. The van der Waals surface area contributed by atoms with E-state index in [9.17, 15) is 18.0 Å². The molecule has 0 aliphatic carbocycles. The normalized spacial score (nSPS) is 15.1. The highest BCUT2D eigenvalue weighted by molar-refractivity contribution is 9.10. The lowest BCUT2D eigenvalue weighted by Crippen LogP contribution is -2.58.